The Morgan fingerprint density at radius 3 is 2.76 bits per heavy atom. The SMILES string of the molecule is CN(C)CCCNCc1ccc(C(=O)O)cn1. The van der Waals surface area contributed by atoms with Crippen molar-refractivity contribution in [1.82, 2.24) is 15.2 Å². The zero-order valence-electron chi connectivity index (χ0n) is 10.3. The van der Waals surface area contributed by atoms with E-state index >= 15 is 0 Å². The molecule has 1 aromatic rings. The van der Waals surface area contributed by atoms with Gasteiger partial charge in [-0.3, -0.25) is 4.98 Å². The summed E-state index contributed by atoms with van der Waals surface area (Å²) in [5, 5.41) is 12.0. The van der Waals surface area contributed by atoms with E-state index in [1.165, 1.54) is 6.20 Å². The Labute approximate surface area is 101 Å². The van der Waals surface area contributed by atoms with E-state index in [2.05, 4.69) is 15.2 Å². The normalized spacial score (nSPS) is 10.8. The summed E-state index contributed by atoms with van der Waals surface area (Å²) in [6.45, 7) is 2.66. The molecule has 0 saturated heterocycles. The number of nitrogens with one attached hydrogen (secondary N) is 1. The molecule has 0 aliphatic rings. The van der Waals surface area contributed by atoms with Gasteiger partial charge in [-0.1, -0.05) is 0 Å². The van der Waals surface area contributed by atoms with Crippen molar-refractivity contribution in [2.24, 2.45) is 0 Å². The topological polar surface area (TPSA) is 65.5 Å². The third-order valence-electron chi connectivity index (χ3n) is 2.34. The summed E-state index contributed by atoms with van der Waals surface area (Å²) in [6.07, 6.45) is 2.47. The van der Waals surface area contributed by atoms with Crippen LogP contribution in [0.4, 0.5) is 0 Å². The number of aromatic nitrogens is 1. The van der Waals surface area contributed by atoms with Crippen LogP contribution < -0.4 is 5.32 Å². The Morgan fingerprint density at radius 2 is 2.24 bits per heavy atom. The molecule has 0 aliphatic carbocycles. The van der Waals surface area contributed by atoms with E-state index in [0.29, 0.717) is 6.54 Å². The van der Waals surface area contributed by atoms with Crippen molar-refractivity contribution >= 4 is 5.97 Å². The second-order valence-electron chi connectivity index (χ2n) is 4.18. The lowest BCUT2D eigenvalue weighted by Gasteiger charge is -2.09. The zero-order valence-corrected chi connectivity index (χ0v) is 10.3. The van der Waals surface area contributed by atoms with Crippen molar-refractivity contribution in [2.75, 3.05) is 27.2 Å². The predicted octanol–water partition coefficient (Wildman–Crippen LogP) is 0.821. The van der Waals surface area contributed by atoms with Crippen LogP contribution in [0.15, 0.2) is 18.3 Å². The smallest absolute Gasteiger partial charge is 0.337 e. The first-order valence-corrected chi connectivity index (χ1v) is 5.63. The van der Waals surface area contributed by atoms with Gasteiger partial charge in [-0.25, -0.2) is 4.79 Å². The molecule has 17 heavy (non-hydrogen) atoms. The molecule has 0 saturated carbocycles. The largest absolute Gasteiger partial charge is 0.478 e. The fourth-order valence-corrected chi connectivity index (χ4v) is 1.39. The summed E-state index contributed by atoms with van der Waals surface area (Å²) >= 11 is 0. The van der Waals surface area contributed by atoms with Crippen molar-refractivity contribution in [3.05, 3.63) is 29.6 Å². The number of rotatable bonds is 7. The molecule has 0 amide bonds. The van der Waals surface area contributed by atoms with Crippen LogP contribution in [-0.2, 0) is 6.54 Å². The minimum absolute atomic E-state index is 0.223. The minimum Gasteiger partial charge on any atom is -0.478 e. The average molecular weight is 237 g/mol. The standard InChI is InChI=1S/C12H19N3O2/c1-15(2)7-3-6-13-9-11-5-4-10(8-14-11)12(16)17/h4-5,8,13H,3,6-7,9H2,1-2H3,(H,16,17). The van der Waals surface area contributed by atoms with Gasteiger partial charge in [-0.15, -0.1) is 0 Å². The number of pyridine rings is 1. The Hall–Kier alpha value is -1.46. The maximum atomic E-state index is 10.6. The third-order valence-corrected chi connectivity index (χ3v) is 2.34. The van der Waals surface area contributed by atoms with Gasteiger partial charge in [-0.2, -0.15) is 0 Å². The molecule has 0 fully saturated rings. The molecule has 94 valence electrons. The number of carboxylic acid groups (broad SMARTS) is 1. The molecule has 2 N–H and O–H groups in total. The maximum Gasteiger partial charge on any atom is 0.337 e. The monoisotopic (exact) mass is 237 g/mol. The molecular weight excluding hydrogens is 218 g/mol. The molecule has 0 spiro atoms. The van der Waals surface area contributed by atoms with Crippen LogP contribution in [0.3, 0.4) is 0 Å². The average Bonchev–Trinajstić information content (AvgIpc) is 2.29. The zero-order chi connectivity index (χ0) is 12.7. The number of hydrogen-bond acceptors (Lipinski definition) is 4. The minimum atomic E-state index is -0.942. The molecule has 0 aliphatic heterocycles. The lowest BCUT2D eigenvalue weighted by atomic mass is 10.2. The van der Waals surface area contributed by atoms with Gasteiger partial charge in [0, 0.05) is 12.7 Å². The summed E-state index contributed by atoms with van der Waals surface area (Å²) < 4.78 is 0. The molecule has 0 bridgehead atoms. The van der Waals surface area contributed by atoms with Crippen LogP contribution in [0.25, 0.3) is 0 Å². The molecule has 5 heteroatoms. The molecular formula is C12H19N3O2. The first-order chi connectivity index (χ1) is 8.09. The van der Waals surface area contributed by atoms with Crippen molar-refractivity contribution in [1.29, 1.82) is 0 Å². The summed E-state index contributed by atoms with van der Waals surface area (Å²) in [7, 11) is 4.10. The maximum absolute atomic E-state index is 10.6. The van der Waals surface area contributed by atoms with Gasteiger partial charge in [0.25, 0.3) is 0 Å². The van der Waals surface area contributed by atoms with E-state index in [1.54, 1.807) is 12.1 Å². The molecule has 0 radical (unpaired) electrons. The van der Waals surface area contributed by atoms with Gasteiger partial charge in [0.2, 0.25) is 0 Å². The van der Waals surface area contributed by atoms with E-state index in [4.69, 9.17) is 5.11 Å². The first kappa shape index (κ1) is 13.6. The Balaban J connectivity index is 2.25. The highest BCUT2D eigenvalue weighted by Crippen LogP contribution is 1.99. The van der Waals surface area contributed by atoms with E-state index < -0.39 is 5.97 Å². The van der Waals surface area contributed by atoms with Gasteiger partial charge >= 0.3 is 5.97 Å². The van der Waals surface area contributed by atoms with Crippen molar-refractivity contribution < 1.29 is 9.90 Å². The van der Waals surface area contributed by atoms with E-state index in [-0.39, 0.29) is 5.56 Å². The Kier molecular flexibility index (Phi) is 5.59. The quantitative estimate of drug-likeness (QED) is 0.687. The highest BCUT2D eigenvalue weighted by Gasteiger charge is 2.02. The molecule has 0 aromatic carbocycles. The van der Waals surface area contributed by atoms with Crippen LogP contribution in [0.1, 0.15) is 22.5 Å². The molecule has 1 heterocycles. The van der Waals surface area contributed by atoms with Crippen molar-refractivity contribution in [3.8, 4) is 0 Å². The van der Waals surface area contributed by atoms with Gasteiger partial charge < -0.3 is 15.3 Å². The lowest BCUT2D eigenvalue weighted by Crippen LogP contribution is -2.21. The van der Waals surface area contributed by atoms with Gasteiger partial charge in [0.1, 0.15) is 0 Å². The summed E-state index contributed by atoms with van der Waals surface area (Å²) in [5.41, 5.74) is 1.08. The van der Waals surface area contributed by atoms with Crippen LogP contribution in [0.2, 0.25) is 0 Å². The van der Waals surface area contributed by atoms with Crippen LogP contribution in [0, 0.1) is 0 Å². The third kappa shape index (κ3) is 5.42. The number of aromatic carboxylic acids is 1. The molecule has 0 unspecified atom stereocenters. The van der Waals surface area contributed by atoms with E-state index in [1.807, 2.05) is 14.1 Å². The van der Waals surface area contributed by atoms with Gasteiger partial charge in [0.05, 0.1) is 11.3 Å². The fourth-order valence-electron chi connectivity index (χ4n) is 1.39. The summed E-state index contributed by atoms with van der Waals surface area (Å²) in [6, 6.07) is 3.31. The molecule has 5 nitrogen and oxygen atoms in total. The Bertz CT molecular complexity index is 349. The van der Waals surface area contributed by atoms with Crippen LogP contribution in [0.5, 0.6) is 0 Å². The highest BCUT2D eigenvalue weighted by atomic mass is 16.4. The first-order valence-electron chi connectivity index (χ1n) is 5.63. The number of carboxylic acids is 1. The van der Waals surface area contributed by atoms with Crippen LogP contribution in [-0.4, -0.2) is 48.1 Å². The van der Waals surface area contributed by atoms with Gasteiger partial charge in [-0.05, 0) is 45.7 Å². The highest BCUT2D eigenvalue weighted by molar-refractivity contribution is 5.87. The second kappa shape index (κ2) is 6.98. The number of carbonyl (C=O) groups is 1. The number of nitrogens with zero attached hydrogens (tertiary/aromatic N) is 2. The molecule has 1 rings (SSSR count). The second-order valence-corrected chi connectivity index (χ2v) is 4.18. The molecule has 1 aromatic heterocycles. The predicted molar refractivity (Wildman–Crippen MR) is 66.1 cm³/mol. The van der Waals surface area contributed by atoms with E-state index in [0.717, 1.165) is 25.2 Å². The van der Waals surface area contributed by atoms with Gasteiger partial charge in [0.15, 0.2) is 0 Å². The molecule has 0 atom stereocenters. The van der Waals surface area contributed by atoms with Crippen LogP contribution >= 0.6 is 0 Å². The van der Waals surface area contributed by atoms with Crippen molar-refractivity contribution in [2.45, 2.75) is 13.0 Å². The van der Waals surface area contributed by atoms with E-state index in [9.17, 15) is 4.79 Å². The summed E-state index contributed by atoms with van der Waals surface area (Å²) in [5.74, 6) is -0.942. The number of hydrogen-bond donors (Lipinski definition) is 2. The summed E-state index contributed by atoms with van der Waals surface area (Å²) in [4.78, 5) is 16.8. The van der Waals surface area contributed by atoms with Crippen molar-refractivity contribution in [3.63, 3.8) is 0 Å². The Morgan fingerprint density at radius 1 is 1.47 bits per heavy atom. The lowest BCUT2D eigenvalue weighted by molar-refractivity contribution is 0.0696. The fraction of sp³-hybridized carbons (Fsp3) is 0.500.